The van der Waals surface area contributed by atoms with Crippen LogP contribution in [-0.2, 0) is 0 Å². The zero-order chi connectivity index (χ0) is 11.7. The molecule has 0 amide bonds. The number of anilines is 1. The van der Waals surface area contributed by atoms with Crippen molar-refractivity contribution in [2.45, 2.75) is 19.3 Å². The van der Waals surface area contributed by atoms with Crippen LogP contribution in [0.5, 0.6) is 5.75 Å². The van der Waals surface area contributed by atoms with E-state index in [0.717, 1.165) is 13.1 Å². The van der Waals surface area contributed by atoms with Crippen molar-refractivity contribution >= 4 is 17.3 Å². The van der Waals surface area contributed by atoms with E-state index in [1.807, 2.05) is 0 Å². The Bertz CT molecular complexity index is 502. The van der Waals surface area contributed by atoms with Gasteiger partial charge in [-0.25, -0.2) is 0 Å². The highest BCUT2D eigenvalue weighted by molar-refractivity contribution is 7.13. The number of nitrogens with zero attached hydrogens (tertiary/aromatic N) is 3. The van der Waals surface area contributed by atoms with Crippen LogP contribution >= 0.6 is 11.3 Å². The molecular formula is C11H13N3O2S. The topological polar surface area (TPSA) is 62.4 Å². The summed E-state index contributed by atoms with van der Waals surface area (Å²) in [7, 11) is 0. The Morgan fingerprint density at radius 2 is 2.12 bits per heavy atom. The van der Waals surface area contributed by atoms with Crippen molar-refractivity contribution in [3.8, 4) is 16.5 Å². The highest BCUT2D eigenvalue weighted by Gasteiger charge is 2.19. The van der Waals surface area contributed by atoms with Crippen molar-refractivity contribution in [1.29, 1.82) is 0 Å². The summed E-state index contributed by atoms with van der Waals surface area (Å²) in [6, 6.07) is 1.63. The largest absolute Gasteiger partial charge is 0.506 e. The number of thiophene rings is 1. The van der Waals surface area contributed by atoms with Crippen LogP contribution in [-0.4, -0.2) is 28.3 Å². The first-order valence-electron chi connectivity index (χ1n) is 5.70. The summed E-state index contributed by atoms with van der Waals surface area (Å²) in [5.41, 5.74) is 0. The van der Waals surface area contributed by atoms with Crippen molar-refractivity contribution in [2.24, 2.45) is 0 Å². The predicted octanol–water partition coefficient (Wildman–Crippen LogP) is 2.49. The second kappa shape index (κ2) is 4.37. The van der Waals surface area contributed by atoms with Gasteiger partial charge in [0, 0.05) is 13.1 Å². The fourth-order valence-corrected chi connectivity index (χ4v) is 2.70. The molecule has 0 bridgehead atoms. The summed E-state index contributed by atoms with van der Waals surface area (Å²) in [4.78, 5) is 7.10. The van der Waals surface area contributed by atoms with Gasteiger partial charge >= 0.3 is 0 Å². The van der Waals surface area contributed by atoms with Crippen LogP contribution in [0.15, 0.2) is 16.0 Å². The molecule has 17 heavy (non-hydrogen) atoms. The third kappa shape index (κ3) is 2.00. The Morgan fingerprint density at radius 3 is 2.82 bits per heavy atom. The Morgan fingerprint density at radius 1 is 1.29 bits per heavy atom. The van der Waals surface area contributed by atoms with E-state index in [2.05, 4.69) is 15.0 Å². The summed E-state index contributed by atoms with van der Waals surface area (Å²) in [6.45, 7) is 1.96. The molecular weight excluding hydrogens is 238 g/mol. The van der Waals surface area contributed by atoms with Crippen molar-refractivity contribution in [3.63, 3.8) is 0 Å². The molecule has 0 spiro atoms. The van der Waals surface area contributed by atoms with Crippen molar-refractivity contribution in [1.82, 2.24) is 10.1 Å². The molecule has 3 rings (SSSR count). The van der Waals surface area contributed by atoms with Crippen LogP contribution < -0.4 is 4.90 Å². The van der Waals surface area contributed by atoms with Gasteiger partial charge in [0.2, 0.25) is 0 Å². The van der Waals surface area contributed by atoms with E-state index in [9.17, 15) is 5.11 Å². The van der Waals surface area contributed by atoms with Crippen LogP contribution in [0.4, 0.5) is 5.95 Å². The van der Waals surface area contributed by atoms with Gasteiger partial charge in [0.25, 0.3) is 11.8 Å². The molecule has 5 nitrogen and oxygen atoms in total. The molecule has 1 aliphatic heterocycles. The maximum Gasteiger partial charge on any atom is 0.273 e. The molecule has 6 heteroatoms. The van der Waals surface area contributed by atoms with Gasteiger partial charge in [-0.05, 0) is 35.9 Å². The quantitative estimate of drug-likeness (QED) is 0.888. The molecule has 1 saturated heterocycles. The summed E-state index contributed by atoms with van der Waals surface area (Å²) in [6.07, 6.45) is 3.62. The fraction of sp³-hybridized carbons (Fsp3) is 0.455. The average molecular weight is 251 g/mol. The Hall–Kier alpha value is -1.56. The van der Waals surface area contributed by atoms with E-state index < -0.39 is 0 Å². The van der Waals surface area contributed by atoms with Gasteiger partial charge in [-0.3, -0.25) is 0 Å². The second-order valence-electron chi connectivity index (χ2n) is 4.08. The van der Waals surface area contributed by atoms with E-state index in [0.29, 0.717) is 16.7 Å². The molecule has 0 aromatic carbocycles. The minimum Gasteiger partial charge on any atom is -0.506 e. The lowest BCUT2D eigenvalue weighted by Crippen LogP contribution is -2.30. The molecule has 1 N–H and O–H groups in total. The van der Waals surface area contributed by atoms with E-state index in [1.54, 1.807) is 11.4 Å². The summed E-state index contributed by atoms with van der Waals surface area (Å²) >= 11 is 1.40. The first-order chi connectivity index (χ1) is 8.34. The normalized spacial score (nSPS) is 16.4. The molecule has 2 aromatic rings. The van der Waals surface area contributed by atoms with Crippen LogP contribution in [0.3, 0.4) is 0 Å². The fourth-order valence-electron chi connectivity index (χ4n) is 1.99. The lowest BCUT2D eigenvalue weighted by atomic mass is 10.1. The van der Waals surface area contributed by atoms with Gasteiger partial charge in [0.15, 0.2) is 0 Å². The van der Waals surface area contributed by atoms with E-state index in [4.69, 9.17) is 4.52 Å². The van der Waals surface area contributed by atoms with Crippen LogP contribution in [0.25, 0.3) is 10.8 Å². The Balaban J connectivity index is 1.85. The molecule has 2 aromatic heterocycles. The molecule has 0 radical (unpaired) electrons. The SMILES string of the molecule is Oc1ccsc1-c1nc(N2CCCCC2)no1. The molecule has 0 unspecified atom stereocenters. The lowest BCUT2D eigenvalue weighted by Gasteiger charge is -2.24. The summed E-state index contributed by atoms with van der Waals surface area (Å²) in [5.74, 6) is 1.23. The second-order valence-corrected chi connectivity index (χ2v) is 5.00. The number of rotatable bonds is 2. The first-order valence-corrected chi connectivity index (χ1v) is 6.58. The average Bonchev–Trinajstić information content (AvgIpc) is 2.98. The van der Waals surface area contributed by atoms with E-state index in [-0.39, 0.29) is 5.75 Å². The molecule has 0 atom stereocenters. The Kier molecular flexibility index (Phi) is 2.72. The zero-order valence-electron chi connectivity index (χ0n) is 9.30. The van der Waals surface area contributed by atoms with Crippen molar-refractivity contribution < 1.29 is 9.63 Å². The number of hydrogen-bond acceptors (Lipinski definition) is 6. The van der Waals surface area contributed by atoms with Gasteiger partial charge in [0.05, 0.1) is 0 Å². The summed E-state index contributed by atoms with van der Waals surface area (Å²) in [5, 5.41) is 15.4. The smallest absolute Gasteiger partial charge is 0.273 e. The minimum atomic E-state index is 0.198. The highest BCUT2D eigenvalue weighted by Crippen LogP contribution is 2.34. The number of piperidine rings is 1. The maximum absolute atomic E-state index is 9.59. The minimum absolute atomic E-state index is 0.198. The van der Waals surface area contributed by atoms with Crippen molar-refractivity contribution in [3.05, 3.63) is 11.4 Å². The number of hydrogen-bond donors (Lipinski definition) is 1. The van der Waals surface area contributed by atoms with Crippen molar-refractivity contribution in [2.75, 3.05) is 18.0 Å². The van der Waals surface area contributed by atoms with Gasteiger partial charge in [-0.1, -0.05) is 0 Å². The molecule has 1 fully saturated rings. The van der Waals surface area contributed by atoms with Crippen LogP contribution in [0.2, 0.25) is 0 Å². The number of aromatic hydroxyl groups is 1. The molecule has 3 heterocycles. The standard InChI is InChI=1S/C11H13N3O2S/c15-8-4-7-17-9(8)10-12-11(13-16-10)14-5-2-1-3-6-14/h4,7,15H,1-3,5-6H2. The van der Waals surface area contributed by atoms with E-state index >= 15 is 0 Å². The van der Waals surface area contributed by atoms with Gasteiger partial charge in [0.1, 0.15) is 10.6 Å². The van der Waals surface area contributed by atoms with Crippen LogP contribution in [0.1, 0.15) is 19.3 Å². The molecule has 0 aliphatic carbocycles. The monoisotopic (exact) mass is 251 g/mol. The molecule has 0 saturated carbocycles. The first kappa shape index (κ1) is 10.6. The lowest BCUT2D eigenvalue weighted by molar-refractivity contribution is 0.422. The summed E-state index contributed by atoms with van der Waals surface area (Å²) < 4.78 is 5.19. The Labute approximate surface area is 103 Å². The van der Waals surface area contributed by atoms with Gasteiger partial charge in [-0.2, -0.15) is 4.98 Å². The number of aromatic nitrogens is 2. The van der Waals surface area contributed by atoms with Gasteiger partial charge in [-0.15, -0.1) is 11.3 Å². The highest BCUT2D eigenvalue weighted by atomic mass is 32.1. The third-order valence-electron chi connectivity index (χ3n) is 2.89. The van der Waals surface area contributed by atoms with Gasteiger partial charge < -0.3 is 14.5 Å². The third-order valence-corrected chi connectivity index (χ3v) is 3.78. The van der Waals surface area contributed by atoms with Crippen LogP contribution in [0, 0.1) is 0 Å². The van der Waals surface area contributed by atoms with E-state index in [1.165, 1.54) is 30.6 Å². The maximum atomic E-state index is 9.59. The predicted molar refractivity (Wildman–Crippen MR) is 65.3 cm³/mol. The molecule has 90 valence electrons. The zero-order valence-corrected chi connectivity index (χ0v) is 10.1. The molecule has 1 aliphatic rings.